The molecule has 0 aliphatic heterocycles. The van der Waals surface area contributed by atoms with Crippen molar-refractivity contribution in [2.45, 2.75) is 13.0 Å². The molecule has 0 fully saturated rings. The van der Waals surface area contributed by atoms with Gasteiger partial charge in [-0.1, -0.05) is 54.1 Å². The molecule has 138 valence electrons. The number of amides is 1. The summed E-state index contributed by atoms with van der Waals surface area (Å²) in [6.45, 7) is 1.31. The van der Waals surface area contributed by atoms with Crippen molar-refractivity contribution >= 4 is 23.3 Å². The van der Waals surface area contributed by atoms with Crippen molar-refractivity contribution in [3.8, 4) is 0 Å². The molecule has 3 aromatic rings. The smallest absolute Gasteiger partial charge is 0.255 e. The number of hydrogen-bond acceptors (Lipinski definition) is 3. The van der Waals surface area contributed by atoms with Crippen molar-refractivity contribution in [3.63, 3.8) is 0 Å². The number of nitrogens with zero attached hydrogens (tertiary/aromatic N) is 2. The van der Waals surface area contributed by atoms with Crippen LogP contribution in [-0.4, -0.2) is 29.4 Å². The Kier molecular flexibility index (Phi) is 6.44. The zero-order valence-electron chi connectivity index (χ0n) is 15.2. The van der Waals surface area contributed by atoms with Gasteiger partial charge in [-0.05, 0) is 41.8 Å². The highest BCUT2D eigenvalue weighted by Crippen LogP contribution is 2.13. The highest BCUT2D eigenvalue weighted by atomic mass is 35.5. The van der Waals surface area contributed by atoms with E-state index in [0.717, 1.165) is 29.4 Å². The van der Waals surface area contributed by atoms with Gasteiger partial charge in [-0.2, -0.15) is 0 Å². The molecule has 0 saturated carbocycles. The first-order chi connectivity index (χ1) is 13.1. The molecule has 5 heteroatoms. The number of carbonyl (C=O) groups excluding carboxylic acids is 1. The molecular formula is C22H22ClN3O. The van der Waals surface area contributed by atoms with Gasteiger partial charge in [-0.3, -0.25) is 4.79 Å². The van der Waals surface area contributed by atoms with Crippen LogP contribution in [0.2, 0.25) is 5.02 Å². The molecule has 4 nitrogen and oxygen atoms in total. The van der Waals surface area contributed by atoms with Gasteiger partial charge >= 0.3 is 0 Å². The summed E-state index contributed by atoms with van der Waals surface area (Å²) in [6.07, 6.45) is 2.47. The normalized spacial score (nSPS) is 10.4. The van der Waals surface area contributed by atoms with E-state index in [1.165, 1.54) is 5.56 Å². The van der Waals surface area contributed by atoms with Gasteiger partial charge in [-0.25, -0.2) is 4.98 Å². The molecule has 0 radical (unpaired) electrons. The third-order valence-corrected chi connectivity index (χ3v) is 4.46. The van der Waals surface area contributed by atoms with Gasteiger partial charge in [0.25, 0.3) is 5.91 Å². The Morgan fingerprint density at radius 2 is 1.81 bits per heavy atom. The predicted molar refractivity (Wildman–Crippen MR) is 110 cm³/mol. The lowest BCUT2D eigenvalue weighted by molar-refractivity contribution is 0.0784. The summed E-state index contributed by atoms with van der Waals surface area (Å²) in [6, 6.07) is 21.4. The largest absolute Gasteiger partial charge is 0.370 e. The van der Waals surface area contributed by atoms with E-state index in [1.807, 2.05) is 60.7 Å². The van der Waals surface area contributed by atoms with E-state index in [1.54, 1.807) is 24.2 Å². The Morgan fingerprint density at radius 1 is 1.04 bits per heavy atom. The molecule has 0 aliphatic rings. The molecule has 2 aromatic carbocycles. The summed E-state index contributed by atoms with van der Waals surface area (Å²) < 4.78 is 0. The number of carbonyl (C=O) groups is 1. The maximum Gasteiger partial charge on any atom is 0.255 e. The van der Waals surface area contributed by atoms with Crippen LogP contribution in [0.15, 0.2) is 72.9 Å². The predicted octanol–water partition coefficient (Wildman–Crippen LogP) is 4.66. The van der Waals surface area contributed by atoms with E-state index < -0.39 is 0 Å². The number of hydrogen-bond donors (Lipinski definition) is 1. The van der Waals surface area contributed by atoms with Crippen LogP contribution in [-0.2, 0) is 13.0 Å². The topological polar surface area (TPSA) is 45.2 Å². The van der Waals surface area contributed by atoms with Crippen molar-refractivity contribution in [2.75, 3.05) is 18.9 Å². The first-order valence-electron chi connectivity index (χ1n) is 8.85. The van der Waals surface area contributed by atoms with Gasteiger partial charge in [0.2, 0.25) is 0 Å². The second-order valence-electron chi connectivity index (χ2n) is 6.39. The fourth-order valence-electron chi connectivity index (χ4n) is 2.80. The van der Waals surface area contributed by atoms with Crippen molar-refractivity contribution in [3.05, 3.63) is 94.6 Å². The van der Waals surface area contributed by atoms with Crippen LogP contribution in [0.1, 0.15) is 21.5 Å². The van der Waals surface area contributed by atoms with Crippen molar-refractivity contribution < 1.29 is 4.79 Å². The Morgan fingerprint density at radius 3 is 2.52 bits per heavy atom. The van der Waals surface area contributed by atoms with Crippen molar-refractivity contribution in [1.82, 2.24) is 9.88 Å². The highest BCUT2D eigenvalue weighted by Gasteiger charge is 2.12. The van der Waals surface area contributed by atoms with Crippen LogP contribution in [0.3, 0.4) is 0 Å². The highest BCUT2D eigenvalue weighted by molar-refractivity contribution is 6.30. The number of rotatable bonds is 7. The lowest BCUT2D eigenvalue weighted by atomic mass is 10.1. The molecule has 0 saturated heterocycles. The monoisotopic (exact) mass is 379 g/mol. The number of nitrogens with one attached hydrogen (secondary N) is 1. The summed E-state index contributed by atoms with van der Waals surface area (Å²) in [5, 5.41) is 4.01. The number of anilines is 1. The minimum atomic E-state index is -0.0446. The van der Waals surface area contributed by atoms with Crippen LogP contribution in [0.4, 0.5) is 5.82 Å². The van der Waals surface area contributed by atoms with Crippen LogP contribution in [0, 0.1) is 0 Å². The standard InChI is InChI=1S/C22H22ClN3O/c1-26(16-18-6-3-2-4-7-18)22(27)19-10-11-21(25-15-19)24-13-12-17-8-5-9-20(23)14-17/h2-11,14-15H,12-13,16H2,1H3,(H,24,25). The fourth-order valence-corrected chi connectivity index (χ4v) is 3.01. The van der Waals surface area contributed by atoms with E-state index in [4.69, 9.17) is 11.6 Å². The molecule has 3 rings (SSSR count). The van der Waals surface area contributed by atoms with Crippen LogP contribution < -0.4 is 5.32 Å². The van der Waals surface area contributed by atoms with Gasteiger partial charge in [0.15, 0.2) is 0 Å². The third kappa shape index (κ3) is 5.56. The van der Waals surface area contributed by atoms with Gasteiger partial charge in [0.05, 0.1) is 5.56 Å². The minimum Gasteiger partial charge on any atom is -0.370 e. The summed E-state index contributed by atoms with van der Waals surface area (Å²) in [5.41, 5.74) is 2.85. The molecule has 1 amide bonds. The van der Waals surface area contributed by atoms with Crippen LogP contribution in [0.5, 0.6) is 0 Å². The lowest BCUT2D eigenvalue weighted by Gasteiger charge is -2.17. The molecule has 1 N–H and O–H groups in total. The zero-order valence-corrected chi connectivity index (χ0v) is 16.0. The minimum absolute atomic E-state index is 0.0446. The molecule has 1 aromatic heterocycles. The van der Waals surface area contributed by atoms with Crippen molar-refractivity contribution in [2.24, 2.45) is 0 Å². The Bertz CT molecular complexity index is 882. The number of pyridine rings is 1. The molecular weight excluding hydrogens is 358 g/mol. The van der Waals surface area contributed by atoms with E-state index in [9.17, 15) is 4.79 Å². The van der Waals surface area contributed by atoms with Crippen LogP contribution in [0.25, 0.3) is 0 Å². The first-order valence-corrected chi connectivity index (χ1v) is 9.23. The van der Waals surface area contributed by atoms with E-state index in [2.05, 4.69) is 10.3 Å². The summed E-state index contributed by atoms with van der Waals surface area (Å²) in [7, 11) is 1.80. The first kappa shape index (κ1) is 18.9. The van der Waals surface area contributed by atoms with Gasteiger partial charge < -0.3 is 10.2 Å². The molecule has 27 heavy (non-hydrogen) atoms. The van der Waals surface area contributed by atoms with Crippen molar-refractivity contribution in [1.29, 1.82) is 0 Å². The molecule has 0 atom stereocenters. The maximum atomic E-state index is 12.5. The second-order valence-corrected chi connectivity index (χ2v) is 6.82. The van der Waals surface area contributed by atoms with Crippen LogP contribution >= 0.6 is 11.6 Å². The summed E-state index contributed by atoms with van der Waals surface area (Å²) in [4.78, 5) is 18.6. The Hall–Kier alpha value is -2.85. The fraction of sp³-hybridized carbons (Fsp3) is 0.182. The molecule has 0 aliphatic carbocycles. The molecule has 1 heterocycles. The zero-order chi connectivity index (χ0) is 19.1. The second kappa shape index (κ2) is 9.19. The van der Waals surface area contributed by atoms with Gasteiger partial charge in [0, 0.05) is 31.4 Å². The van der Waals surface area contributed by atoms with E-state index in [-0.39, 0.29) is 5.91 Å². The Balaban J connectivity index is 1.52. The molecule has 0 bridgehead atoms. The maximum absolute atomic E-state index is 12.5. The lowest BCUT2D eigenvalue weighted by Crippen LogP contribution is -2.26. The Labute approximate surface area is 164 Å². The quantitative estimate of drug-likeness (QED) is 0.649. The molecule has 0 spiro atoms. The number of benzene rings is 2. The summed E-state index contributed by atoms with van der Waals surface area (Å²) in [5.74, 6) is 0.705. The number of aromatic nitrogens is 1. The molecule has 0 unspecified atom stereocenters. The average Bonchev–Trinajstić information content (AvgIpc) is 2.69. The van der Waals surface area contributed by atoms with E-state index in [0.29, 0.717) is 12.1 Å². The SMILES string of the molecule is CN(Cc1ccccc1)C(=O)c1ccc(NCCc2cccc(Cl)c2)nc1. The average molecular weight is 380 g/mol. The van der Waals surface area contributed by atoms with E-state index >= 15 is 0 Å². The number of halogens is 1. The summed E-state index contributed by atoms with van der Waals surface area (Å²) >= 11 is 6.00. The van der Waals surface area contributed by atoms with Gasteiger partial charge in [-0.15, -0.1) is 0 Å². The third-order valence-electron chi connectivity index (χ3n) is 4.23. The van der Waals surface area contributed by atoms with Gasteiger partial charge in [0.1, 0.15) is 5.82 Å².